The Morgan fingerprint density at radius 1 is 1.38 bits per heavy atom. The Bertz CT molecular complexity index is 358. The Hall–Kier alpha value is -1.01. The van der Waals surface area contributed by atoms with E-state index in [2.05, 4.69) is 0 Å². The second-order valence-corrected chi connectivity index (χ2v) is 4.73. The van der Waals surface area contributed by atoms with E-state index in [1.54, 1.807) is 0 Å². The molecule has 6 nitrogen and oxygen atoms in total. The van der Waals surface area contributed by atoms with Crippen LogP contribution in [0.25, 0.3) is 0 Å². The van der Waals surface area contributed by atoms with Crippen molar-refractivity contribution < 1.29 is 19.1 Å². The molecule has 0 bridgehead atoms. The van der Waals surface area contributed by atoms with E-state index in [0.717, 1.165) is 16.7 Å². The summed E-state index contributed by atoms with van der Waals surface area (Å²) < 4.78 is 2.77. The average Bonchev–Trinajstić information content (AvgIpc) is 2.19. The van der Waals surface area contributed by atoms with Gasteiger partial charge < -0.3 is 4.74 Å². The maximum atomic E-state index is 11.6. The third-order valence-electron chi connectivity index (χ3n) is 2.12. The first-order chi connectivity index (χ1) is 7.19. The number of urea groups is 1. The van der Waals surface area contributed by atoms with Crippen molar-refractivity contribution in [2.24, 2.45) is 0 Å². The van der Waals surface area contributed by atoms with Crippen molar-refractivity contribution in [1.82, 2.24) is 9.80 Å². The summed E-state index contributed by atoms with van der Waals surface area (Å²) in [6.07, 6.45) is -1.33. The van der Waals surface area contributed by atoms with Crippen LogP contribution in [0.1, 0.15) is 6.92 Å². The maximum absolute atomic E-state index is 11.6. The van der Waals surface area contributed by atoms with Crippen LogP contribution in [-0.2, 0) is 14.3 Å². The van der Waals surface area contributed by atoms with Crippen molar-refractivity contribution in [3.8, 4) is 0 Å². The fourth-order valence-electron chi connectivity index (χ4n) is 1.31. The van der Waals surface area contributed by atoms with Gasteiger partial charge in [0.2, 0.25) is 6.23 Å². The van der Waals surface area contributed by atoms with Crippen molar-refractivity contribution in [1.29, 1.82) is 0 Å². The zero-order valence-corrected chi connectivity index (χ0v) is 10.4. The number of amides is 3. The quantitative estimate of drug-likeness (QED) is 0.515. The van der Waals surface area contributed by atoms with Gasteiger partial charge in [-0.2, -0.15) is 0 Å². The van der Waals surface area contributed by atoms with Gasteiger partial charge in [-0.3, -0.25) is 19.4 Å². The number of carbonyl (C=O) groups is 3. The first kappa shape index (κ1) is 13.1. The normalized spacial score (nSPS) is 24.7. The Morgan fingerprint density at radius 3 is 2.31 bits per heavy atom. The lowest BCUT2D eigenvalue weighted by Gasteiger charge is -2.42. The van der Waals surface area contributed by atoms with Crippen LogP contribution >= 0.6 is 23.2 Å². The third kappa shape index (κ3) is 1.94. The van der Waals surface area contributed by atoms with Gasteiger partial charge in [0.05, 0.1) is 0 Å². The fraction of sp³-hybridized carbons (Fsp3) is 0.625. The van der Waals surface area contributed by atoms with Crippen molar-refractivity contribution in [3.05, 3.63) is 0 Å². The SMILES string of the molecule is CC(=O)OC1N(C)C(=O)N(C)C(=O)C1(Cl)Cl. The monoisotopic (exact) mass is 268 g/mol. The second-order valence-electron chi connectivity index (χ2n) is 3.34. The van der Waals surface area contributed by atoms with Crippen LogP contribution in [0.2, 0.25) is 0 Å². The number of hydrogen-bond donors (Lipinski definition) is 0. The van der Waals surface area contributed by atoms with Gasteiger partial charge in [-0.25, -0.2) is 4.79 Å². The molecule has 90 valence electrons. The minimum absolute atomic E-state index is 0.645. The van der Waals surface area contributed by atoms with E-state index >= 15 is 0 Å². The summed E-state index contributed by atoms with van der Waals surface area (Å²) in [6.45, 7) is 1.13. The Morgan fingerprint density at radius 2 is 1.88 bits per heavy atom. The Kier molecular flexibility index (Phi) is 3.35. The minimum atomic E-state index is -2.00. The van der Waals surface area contributed by atoms with Gasteiger partial charge >= 0.3 is 12.0 Å². The van der Waals surface area contributed by atoms with Crippen LogP contribution < -0.4 is 0 Å². The third-order valence-corrected chi connectivity index (χ3v) is 2.81. The molecule has 1 fully saturated rings. The second kappa shape index (κ2) is 4.10. The average molecular weight is 269 g/mol. The number of carbonyl (C=O) groups excluding carboxylic acids is 3. The lowest BCUT2D eigenvalue weighted by molar-refractivity contribution is -0.160. The van der Waals surface area contributed by atoms with Crippen molar-refractivity contribution in [3.63, 3.8) is 0 Å². The number of halogens is 2. The molecule has 8 heteroatoms. The topological polar surface area (TPSA) is 66.9 Å². The summed E-state index contributed by atoms with van der Waals surface area (Å²) in [6, 6.07) is -0.645. The number of nitrogens with zero attached hydrogens (tertiary/aromatic N) is 2. The predicted octanol–water partition coefficient (Wildman–Crippen LogP) is 0.573. The highest BCUT2D eigenvalue weighted by Crippen LogP contribution is 2.35. The lowest BCUT2D eigenvalue weighted by Crippen LogP contribution is -2.65. The number of rotatable bonds is 1. The molecule has 0 saturated carbocycles. The molecule has 1 unspecified atom stereocenters. The van der Waals surface area contributed by atoms with Crippen LogP contribution in [0.4, 0.5) is 4.79 Å². The van der Waals surface area contributed by atoms with Gasteiger partial charge in [-0.05, 0) is 0 Å². The van der Waals surface area contributed by atoms with Gasteiger partial charge in [0, 0.05) is 21.0 Å². The number of alkyl halides is 2. The van der Waals surface area contributed by atoms with Gasteiger partial charge in [0.25, 0.3) is 10.2 Å². The molecule has 3 amide bonds. The smallest absolute Gasteiger partial charge is 0.329 e. The van der Waals surface area contributed by atoms with Gasteiger partial charge in [-0.15, -0.1) is 0 Å². The molecule has 0 aromatic carbocycles. The van der Waals surface area contributed by atoms with E-state index in [9.17, 15) is 14.4 Å². The van der Waals surface area contributed by atoms with E-state index in [0.29, 0.717) is 0 Å². The van der Waals surface area contributed by atoms with E-state index in [1.165, 1.54) is 14.1 Å². The molecule has 1 aliphatic rings. The highest BCUT2D eigenvalue weighted by Gasteiger charge is 2.55. The summed E-state index contributed by atoms with van der Waals surface area (Å²) in [5.74, 6) is -1.52. The molecule has 1 heterocycles. The molecule has 0 N–H and O–H groups in total. The number of esters is 1. The number of hydrogen-bond acceptors (Lipinski definition) is 4. The molecule has 16 heavy (non-hydrogen) atoms. The highest BCUT2D eigenvalue weighted by molar-refractivity contribution is 6.59. The lowest BCUT2D eigenvalue weighted by atomic mass is 10.2. The van der Waals surface area contributed by atoms with Crippen molar-refractivity contribution >= 4 is 41.1 Å². The van der Waals surface area contributed by atoms with Crippen LogP contribution in [0.3, 0.4) is 0 Å². The molecule has 0 aliphatic carbocycles. The molecule has 1 aliphatic heterocycles. The first-order valence-corrected chi connectivity index (χ1v) is 5.05. The fourth-order valence-corrected chi connectivity index (χ4v) is 1.94. The largest absolute Gasteiger partial charge is 0.438 e. The summed E-state index contributed by atoms with van der Waals surface area (Å²) in [5.41, 5.74) is 0. The maximum Gasteiger partial charge on any atom is 0.329 e. The van der Waals surface area contributed by atoms with E-state index in [1.807, 2.05) is 0 Å². The summed E-state index contributed by atoms with van der Waals surface area (Å²) in [5, 5.41) is 0. The number of ether oxygens (including phenoxy) is 1. The molecule has 0 aromatic rings. The zero-order valence-electron chi connectivity index (χ0n) is 8.86. The van der Waals surface area contributed by atoms with Gasteiger partial charge in [0.1, 0.15) is 0 Å². The molecule has 1 atom stereocenters. The first-order valence-electron chi connectivity index (χ1n) is 4.29. The molecule has 0 aromatic heterocycles. The van der Waals surface area contributed by atoms with Crippen LogP contribution in [0, 0.1) is 0 Å². The number of imide groups is 1. The standard InChI is InChI=1S/C8H10Cl2N2O4/c1-4(13)16-6-8(9,10)5(14)11(2)7(15)12(6)3/h6H,1-3H3. The molecular formula is C8H10Cl2N2O4. The predicted molar refractivity (Wildman–Crippen MR) is 55.9 cm³/mol. The Balaban J connectivity index is 3.09. The van der Waals surface area contributed by atoms with E-state index in [4.69, 9.17) is 27.9 Å². The molecule has 0 radical (unpaired) electrons. The molecular weight excluding hydrogens is 259 g/mol. The Labute approximate surface area is 102 Å². The zero-order chi connectivity index (χ0) is 12.7. The van der Waals surface area contributed by atoms with Crippen LogP contribution in [-0.4, -0.2) is 52.4 Å². The molecule has 1 rings (SSSR count). The highest BCUT2D eigenvalue weighted by atomic mass is 35.5. The summed E-state index contributed by atoms with van der Waals surface area (Å²) >= 11 is 11.6. The summed E-state index contributed by atoms with van der Waals surface area (Å²) in [4.78, 5) is 35.7. The van der Waals surface area contributed by atoms with Crippen molar-refractivity contribution in [2.45, 2.75) is 17.5 Å². The molecule has 1 saturated heterocycles. The summed E-state index contributed by atoms with van der Waals surface area (Å²) in [7, 11) is 2.57. The van der Waals surface area contributed by atoms with Crippen molar-refractivity contribution in [2.75, 3.05) is 14.1 Å². The molecule has 0 spiro atoms. The van der Waals surface area contributed by atoms with E-state index in [-0.39, 0.29) is 0 Å². The van der Waals surface area contributed by atoms with Gasteiger partial charge in [0.15, 0.2) is 0 Å². The minimum Gasteiger partial charge on any atom is -0.438 e. The van der Waals surface area contributed by atoms with Crippen LogP contribution in [0.15, 0.2) is 0 Å². The van der Waals surface area contributed by atoms with Gasteiger partial charge in [-0.1, -0.05) is 23.2 Å². The van der Waals surface area contributed by atoms with Crippen LogP contribution in [0.5, 0.6) is 0 Å². The van der Waals surface area contributed by atoms with E-state index < -0.39 is 28.5 Å².